The van der Waals surface area contributed by atoms with E-state index in [2.05, 4.69) is 4.98 Å². The Balaban J connectivity index is 1.61. The van der Waals surface area contributed by atoms with E-state index in [0.29, 0.717) is 29.7 Å². The molecule has 3 rings (SSSR count). The van der Waals surface area contributed by atoms with Crippen LogP contribution in [0.1, 0.15) is 20.9 Å². The molecule has 1 aromatic heterocycles. The molecule has 0 aliphatic rings. The number of ether oxygens (including phenoxy) is 2. The molecule has 5 nitrogen and oxygen atoms in total. The predicted octanol–water partition coefficient (Wildman–Crippen LogP) is 4.58. The number of carboxylic acids is 1. The quantitative estimate of drug-likeness (QED) is 0.617. The van der Waals surface area contributed by atoms with Crippen molar-refractivity contribution in [3.8, 4) is 22.1 Å². The Morgan fingerprint density at radius 1 is 1.04 bits per heavy atom. The summed E-state index contributed by atoms with van der Waals surface area (Å²) in [6.45, 7) is 4.57. The first kappa shape index (κ1) is 17.9. The van der Waals surface area contributed by atoms with Gasteiger partial charge < -0.3 is 14.6 Å². The van der Waals surface area contributed by atoms with E-state index in [0.717, 1.165) is 16.9 Å². The Hall–Kier alpha value is -2.86. The van der Waals surface area contributed by atoms with Crippen molar-refractivity contribution < 1.29 is 19.4 Å². The fourth-order valence-electron chi connectivity index (χ4n) is 2.46. The summed E-state index contributed by atoms with van der Waals surface area (Å²) in [6.07, 6.45) is 0. The Morgan fingerprint density at radius 3 is 2.31 bits per heavy atom. The van der Waals surface area contributed by atoms with Gasteiger partial charge in [-0.1, -0.05) is 24.3 Å². The second kappa shape index (κ2) is 8.01. The maximum absolute atomic E-state index is 11.2. The van der Waals surface area contributed by atoms with Crippen LogP contribution in [0.2, 0.25) is 0 Å². The van der Waals surface area contributed by atoms with Crippen molar-refractivity contribution in [1.82, 2.24) is 4.98 Å². The monoisotopic (exact) mass is 369 g/mol. The highest BCUT2D eigenvalue weighted by Gasteiger charge is 2.15. The van der Waals surface area contributed by atoms with E-state index in [1.807, 2.05) is 55.5 Å². The van der Waals surface area contributed by atoms with E-state index in [1.54, 1.807) is 6.92 Å². The molecule has 0 saturated heterocycles. The second-order valence-corrected chi connectivity index (χ2v) is 6.78. The third kappa shape index (κ3) is 4.40. The van der Waals surface area contributed by atoms with Crippen molar-refractivity contribution in [2.24, 2.45) is 0 Å². The number of thiazole rings is 1. The van der Waals surface area contributed by atoms with Gasteiger partial charge in [-0.2, -0.15) is 0 Å². The molecule has 0 spiro atoms. The third-order valence-electron chi connectivity index (χ3n) is 3.68. The van der Waals surface area contributed by atoms with Crippen LogP contribution in [0, 0.1) is 13.8 Å². The number of hydrogen-bond donors (Lipinski definition) is 1. The Morgan fingerprint density at radius 2 is 1.69 bits per heavy atom. The summed E-state index contributed by atoms with van der Waals surface area (Å²) in [7, 11) is 0. The normalized spacial score (nSPS) is 10.5. The number of rotatable bonds is 7. The highest BCUT2D eigenvalue weighted by molar-refractivity contribution is 7.17. The highest BCUT2D eigenvalue weighted by Crippen LogP contribution is 2.30. The zero-order chi connectivity index (χ0) is 18.5. The molecule has 2 aromatic carbocycles. The van der Waals surface area contributed by atoms with Crippen LogP contribution in [0.5, 0.6) is 11.5 Å². The van der Waals surface area contributed by atoms with Gasteiger partial charge in [0.2, 0.25) is 0 Å². The minimum Gasteiger partial charge on any atom is -0.490 e. The molecule has 0 saturated carbocycles. The summed E-state index contributed by atoms with van der Waals surface area (Å²) < 4.78 is 11.4. The third-order valence-corrected chi connectivity index (χ3v) is 4.88. The Bertz CT molecular complexity index is 920. The molecule has 1 heterocycles. The zero-order valence-electron chi connectivity index (χ0n) is 14.6. The minimum atomic E-state index is -0.952. The van der Waals surface area contributed by atoms with Crippen LogP contribution in [0.15, 0.2) is 48.5 Å². The first-order valence-electron chi connectivity index (χ1n) is 8.16. The number of aromatic carboxylic acids is 1. The molecule has 1 N–H and O–H groups in total. The molecule has 0 fully saturated rings. The number of aryl methyl sites for hydroxylation is 2. The summed E-state index contributed by atoms with van der Waals surface area (Å²) in [5, 5.41) is 9.83. The van der Waals surface area contributed by atoms with Crippen molar-refractivity contribution in [3.05, 3.63) is 64.7 Å². The number of aromatic nitrogens is 1. The van der Waals surface area contributed by atoms with E-state index in [9.17, 15) is 4.79 Å². The summed E-state index contributed by atoms with van der Waals surface area (Å²) >= 11 is 1.17. The maximum atomic E-state index is 11.2. The summed E-state index contributed by atoms with van der Waals surface area (Å²) in [5.41, 5.74) is 2.51. The highest BCUT2D eigenvalue weighted by atomic mass is 32.1. The number of hydrogen-bond acceptors (Lipinski definition) is 5. The van der Waals surface area contributed by atoms with Crippen molar-refractivity contribution in [1.29, 1.82) is 0 Å². The Labute approximate surface area is 155 Å². The fraction of sp³-hybridized carbons (Fsp3) is 0.200. The van der Waals surface area contributed by atoms with E-state index in [4.69, 9.17) is 14.6 Å². The average molecular weight is 369 g/mol. The van der Waals surface area contributed by atoms with Crippen LogP contribution < -0.4 is 9.47 Å². The zero-order valence-corrected chi connectivity index (χ0v) is 15.4. The molecule has 0 aliphatic carbocycles. The van der Waals surface area contributed by atoms with Crippen LogP contribution >= 0.6 is 11.3 Å². The second-order valence-electron chi connectivity index (χ2n) is 5.78. The van der Waals surface area contributed by atoms with Crippen molar-refractivity contribution in [2.45, 2.75) is 13.8 Å². The minimum absolute atomic E-state index is 0.262. The van der Waals surface area contributed by atoms with Gasteiger partial charge in [-0.3, -0.25) is 0 Å². The standard InChI is InChI=1S/C20H19NO4S/c1-13-5-3-7-16(11-13)24-9-10-25-17-8-4-6-15(12-17)19-21-14(2)18(26-19)20(22)23/h3-8,11-12H,9-10H2,1-2H3,(H,22,23). The van der Waals surface area contributed by atoms with Gasteiger partial charge >= 0.3 is 5.97 Å². The number of nitrogens with zero attached hydrogens (tertiary/aromatic N) is 1. The molecule has 0 unspecified atom stereocenters. The van der Waals surface area contributed by atoms with Gasteiger partial charge in [0.15, 0.2) is 0 Å². The molecule has 0 amide bonds. The molecule has 0 radical (unpaired) electrons. The smallest absolute Gasteiger partial charge is 0.347 e. The molecule has 134 valence electrons. The van der Waals surface area contributed by atoms with Crippen LogP contribution in [0.25, 0.3) is 10.6 Å². The van der Waals surface area contributed by atoms with Gasteiger partial charge in [0.1, 0.15) is 34.6 Å². The van der Waals surface area contributed by atoms with Gasteiger partial charge in [0, 0.05) is 5.56 Å². The van der Waals surface area contributed by atoms with Crippen molar-refractivity contribution >= 4 is 17.3 Å². The van der Waals surface area contributed by atoms with Crippen molar-refractivity contribution in [3.63, 3.8) is 0 Å². The van der Waals surface area contributed by atoms with Crippen LogP contribution in [-0.2, 0) is 0 Å². The average Bonchev–Trinajstić information content (AvgIpc) is 3.01. The lowest BCUT2D eigenvalue weighted by molar-refractivity contribution is 0.0701. The summed E-state index contributed by atoms with van der Waals surface area (Å²) in [4.78, 5) is 15.8. The lowest BCUT2D eigenvalue weighted by Crippen LogP contribution is -2.09. The molecule has 0 atom stereocenters. The Kier molecular flexibility index (Phi) is 5.53. The van der Waals surface area contributed by atoms with Gasteiger partial charge in [0.25, 0.3) is 0 Å². The van der Waals surface area contributed by atoms with Crippen LogP contribution in [0.4, 0.5) is 0 Å². The SMILES string of the molecule is Cc1cccc(OCCOc2cccc(-c3nc(C)c(C(=O)O)s3)c2)c1. The summed E-state index contributed by atoms with van der Waals surface area (Å²) in [5.74, 6) is 0.564. The largest absolute Gasteiger partial charge is 0.490 e. The molecule has 3 aromatic rings. The predicted molar refractivity (Wildman–Crippen MR) is 101 cm³/mol. The molecular formula is C20H19NO4S. The van der Waals surface area contributed by atoms with Crippen molar-refractivity contribution in [2.75, 3.05) is 13.2 Å². The van der Waals surface area contributed by atoms with Crippen LogP contribution in [0.3, 0.4) is 0 Å². The van der Waals surface area contributed by atoms with Gasteiger partial charge in [-0.25, -0.2) is 9.78 Å². The number of benzene rings is 2. The first-order chi connectivity index (χ1) is 12.5. The molecular weight excluding hydrogens is 350 g/mol. The van der Waals surface area contributed by atoms with Gasteiger partial charge in [0.05, 0.1) is 5.69 Å². The molecule has 6 heteroatoms. The molecule has 0 aliphatic heterocycles. The maximum Gasteiger partial charge on any atom is 0.347 e. The van der Waals surface area contributed by atoms with E-state index >= 15 is 0 Å². The van der Waals surface area contributed by atoms with E-state index in [1.165, 1.54) is 11.3 Å². The van der Waals surface area contributed by atoms with E-state index in [-0.39, 0.29) is 4.88 Å². The lowest BCUT2D eigenvalue weighted by atomic mass is 10.2. The summed E-state index contributed by atoms with van der Waals surface area (Å²) in [6, 6.07) is 15.3. The van der Waals surface area contributed by atoms with E-state index < -0.39 is 5.97 Å². The topological polar surface area (TPSA) is 68.7 Å². The number of carbonyl (C=O) groups is 1. The van der Waals surface area contributed by atoms with Gasteiger partial charge in [-0.15, -0.1) is 11.3 Å². The fourth-order valence-corrected chi connectivity index (χ4v) is 3.36. The first-order valence-corrected chi connectivity index (χ1v) is 8.98. The molecule has 0 bridgehead atoms. The van der Waals surface area contributed by atoms with Crippen LogP contribution in [-0.4, -0.2) is 29.3 Å². The van der Waals surface area contributed by atoms with Gasteiger partial charge in [-0.05, 0) is 43.7 Å². The lowest BCUT2D eigenvalue weighted by Gasteiger charge is -2.09. The number of carboxylic acid groups (broad SMARTS) is 1. The molecule has 26 heavy (non-hydrogen) atoms.